The largest absolute Gasteiger partial charge is 0.463 e. The van der Waals surface area contributed by atoms with E-state index in [4.69, 9.17) is 8.83 Å². The summed E-state index contributed by atoms with van der Waals surface area (Å²) in [7, 11) is 0. The Balaban J connectivity index is 1.95. The molecule has 0 amide bonds. The van der Waals surface area contributed by atoms with Crippen molar-refractivity contribution in [2.24, 2.45) is 0 Å². The molecule has 0 spiro atoms. The van der Waals surface area contributed by atoms with Crippen LogP contribution in [0.4, 0.5) is 5.69 Å². The monoisotopic (exact) mass is 305 g/mol. The maximum absolute atomic E-state index is 9.70. The maximum atomic E-state index is 9.70. The lowest BCUT2D eigenvalue weighted by Crippen LogP contribution is -2.19. The summed E-state index contributed by atoms with van der Waals surface area (Å²) in [5.74, 6) is 1.28. The van der Waals surface area contributed by atoms with E-state index in [0.29, 0.717) is 28.5 Å². The van der Waals surface area contributed by atoms with Crippen LogP contribution in [0.15, 0.2) is 51.7 Å². The van der Waals surface area contributed by atoms with Crippen LogP contribution in [0.5, 0.6) is 0 Å². The Morgan fingerprint density at radius 1 is 1.04 bits per heavy atom. The molecule has 4 rings (SSSR count). The maximum Gasteiger partial charge on any atom is 0.153 e. The summed E-state index contributed by atoms with van der Waals surface area (Å²) < 4.78 is 11.0. The second-order valence-corrected chi connectivity index (χ2v) is 5.51. The molecule has 0 aromatic carbocycles. The molecule has 5 heteroatoms. The summed E-state index contributed by atoms with van der Waals surface area (Å²) in [5.41, 5.74) is 2.73. The van der Waals surface area contributed by atoms with Crippen LogP contribution in [0.25, 0.3) is 22.9 Å². The molecule has 23 heavy (non-hydrogen) atoms. The standard InChI is InChI=1S/C18H15N3O2/c19-12-13-15(21-7-1-2-8-21)11-14(16-5-3-9-22-16)20-18(13)17-6-4-10-23-17/h3-6,9-11H,1-2,7-8H2. The third kappa shape index (κ3) is 2.38. The van der Waals surface area contributed by atoms with Crippen molar-refractivity contribution in [1.82, 2.24) is 4.98 Å². The molecular weight excluding hydrogens is 290 g/mol. The topological polar surface area (TPSA) is 66.2 Å². The van der Waals surface area contributed by atoms with Crippen LogP contribution in [0, 0.1) is 11.3 Å². The summed E-state index contributed by atoms with van der Waals surface area (Å²) in [6.07, 6.45) is 5.49. The van der Waals surface area contributed by atoms with Crippen LogP contribution in [0.1, 0.15) is 18.4 Å². The van der Waals surface area contributed by atoms with Gasteiger partial charge in [0.1, 0.15) is 23.0 Å². The molecule has 0 bridgehead atoms. The van der Waals surface area contributed by atoms with Gasteiger partial charge in [0, 0.05) is 13.1 Å². The number of aromatic nitrogens is 1. The number of rotatable bonds is 3. The first kappa shape index (κ1) is 13.6. The molecule has 3 aromatic rings. The summed E-state index contributed by atoms with van der Waals surface area (Å²) >= 11 is 0. The van der Waals surface area contributed by atoms with Gasteiger partial charge >= 0.3 is 0 Å². The first-order chi connectivity index (χ1) is 11.4. The van der Waals surface area contributed by atoms with Crippen LogP contribution in [0.3, 0.4) is 0 Å². The Hall–Kier alpha value is -3.00. The fourth-order valence-corrected chi connectivity index (χ4v) is 2.99. The molecule has 114 valence electrons. The van der Waals surface area contributed by atoms with Crippen LogP contribution in [0.2, 0.25) is 0 Å². The Bertz CT molecular complexity index is 839. The predicted molar refractivity (Wildman–Crippen MR) is 85.8 cm³/mol. The molecule has 0 unspecified atom stereocenters. The average molecular weight is 305 g/mol. The lowest BCUT2D eigenvalue weighted by molar-refractivity contribution is 0.575. The minimum absolute atomic E-state index is 0.553. The van der Waals surface area contributed by atoms with Crippen molar-refractivity contribution in [2.45, 2.75) is 12.8 Å². The van der Waals surface area contributed by atoms with Gasteiger partial charge in [-0.05, 0) is 43.2 Å². The first-order valence-electron chi connectivity index (χ1n) is 7.64. The van der Waals surface area contributed by atoms with E-state index >= 15 is 0 Å². The third-order valence-corrected chi connectivity index (χ3v) is 4.09. The number of nitriles is 1. The van der Waals surface area contributed by atoms with Crippen LogP contribution in [-0.4, -0.2) is 18.1 Å². The van der Waals surface area contributed by atoms with E-state index < -0.39 is 0 Å². The molecule has 0 atom stereocenters. The number of furan rings is 2. The second-order valence-electron chi connectivity index (χ2n) is 5.51. The Morgan fingerprint density at radius 3 is 2.35 bits per heavy atom. The SMILES string of the molecule is N#Cc1c(N2CCCC2)cc(-c2ccco2)nc1-c1ccco1. The zero-order chi connectivity index (χ0) is 15.6. The van der Waals surface area contributed by atoms with Crippen LogP contribution >= 0.6 is 0 Å². The molecule has 1 saturated heterocycles. The van der Waals surface area contributed by atoms with Gasteiger partial charge in [-0.1, -0.05) is 0 Å². The molecule has 1 fully saturated rings. The third-order valence-electron chi connectivity index (χ3n) is 4.09. The zero-order valence-corrected chi connectivity index (χ0v) is 12.5. The number of nitrogens with zero attached hydrogens (tertiary/aromatic N) is 3. The molecule has 4 heterocycles. The molecule has 0 saturated carbocycles. The molecule has 1 aliphatic heterocycles. The normalized spacial score (nSPS) is 14.1. The molecular formula is C18H15N3O2. The van der Waals surface area contributed by atoms with Gasteiger partial charge in [-0.15, -0.1) is 0 Å². The van der Waals surface area contributed by atoms with Gasteiger partial charge in [-0.3, -0.25) is 0 Å². The number of pyridine rings is 1. The molecule has 3 aromatic heterocycles. The summed E-state index contributed by atoms with van der Waals surface area (Å²) in [6.45, 7) is 1.90. The highest BCUT2D eigenvalue weighted by Crippen LogP contribution is 2.35. The van der Waals surface area contributed by atoms with Crippen molar-refractivity contribution in [2.75, 3.05) is 18.0 Å². The molecule has 0 radical (unpaired) electrons. The predicted octanol–water partition coefficient (Wildman–Crippen LogP) is 4.07. The van der Waals surface area contributed by atoms with Crippen molar-refractivity contribution in [3.05, 3.63) is 48.4 Å². The van der Waals surface area contributed by atoms with E-state index in [9.17, 15) is 5.26 Å². The van der Waals surface area contributed by atoms with Crippen molar-refractivity contribution < 1.29 is 8.83 Å². The highest BCUT2D eigenvalue weighted by Gasteiger charge is 2.23. The van der Waals surface area contributed by atoms with Crippen molar-refractivity contribution in [1.29, 1.82) is 5.26 Å². The smallest absolute Gasteiger partial charge is 0.153 e. The summed E-state index contributed by atoms with van der Waals surface area (Å²) in [4.78, 5) is 6.86. The molecule has 1 aliphatic rings. The van der Waals surface area contributed by atoms with Crippen LogP contribution in [-0.2, 0) is 0 Å². The fourth-order valence-electron chi connectivity index (χ4n) is 2.99. The Morgan fingerprint density at radius 2 is 1.74 bits per heavy atom. The zero-order valence-electron chi connectivity index (χ0n) is 12.5. The van der Waals surface area contributed by atoms with E-state index in [1.807, 2.05) is 24.3 Å². The summed E-state index contributed by atoms with van der Waals surface area (Å²) in [5, 5.41) is 9.70. The van der Waals surface area contributed by atoms with Gasteiger partial charge in [0.25, 0.3) is 0 Å². The van der Waals surface area contributed by atoms with Crippen molar-refractivity contribution >= 4 is 5.69 Å². The average Bonchev–Trinajstić information content (AvgIpc) is 3.37. The van der Waals surface area contributed by atoms with Gasteiger partial charge in [-0.2, -0.15) is 5.26 Å². The molecule has 5 nitrogen and oxygen atoms in total. The van der Waals surface area contributed by atoms with E-state index in [-0.39, 0.29) is 0 Å². The van der Waals surface area contributed by atoms with Gasteiger partial charge < -0.3 is 13.7 Å². The van der Waals surface area contributed by atoms with E-state index in [0.717, 1.165) is 31.6 Å². The van der Waals surface area contributed by atoms with Gasteiger partial charge in [-0.25, -0.2) is 4.98 Å². The van der Waals surface area contributed by atoms with Crippen molar-refractivity contribution in [3.63, 3.8) is 0 Å². The van der Waals surface area contributed by atoms with Crippen molar-refractivity contribution in [3.8, 4) is 29.0 Å². The molecule has 0 aliphatic carbocycles. The summed E-state index contributed by atoms with van der Waals surface area (Å²) in [6, 6.07) is 11.6. The van der Waals surface area contributed by atoms with Gasteiger partial charge in [0.2, 0.25) is 0 Å². The first-order valence-corrected chi connectivity index (χ1v) is 7.64. The highest BCUT2D eigenvalue weighted by atomic mass is 16.3. The number of hydrogen-bond acceptors (Lipinski definition) is 5. The Labute approximate surface area is 133 Å². The number of hydrogen-bond donors (Lipinski definition) is 0. The Kier molecular flexibility index (Phi) is 3.35. The van der Waals surface area contributed by atoms with Crippen LogP contribution < -0.4 is 4.90 Å². The molecule has 0 N–H and O–H groups in total. The number of anilines is 1. The fraction of sp³-hybridized carbons (Fsp3) is 0.222. The highest BCUT2D eigenvalue weighted by molar-refractivity contribution is 5.77. The second kappa shape index (κ2) is 5.65. The lowest BCUT2D eigenvalue weighted by Gasteiger charge is -2.20. The van der Waals surface area contributed by atoms with E-state index in [2.05, 4.69) is 16.0 Å². The van der Waals surface area contributed by atoms with Gasteiger partial charge in [0.05, 0.1) is 18.2 Å². The van der Waals surface area contributed by atoms with E-state index in [1.165, 1.54) is 0 Å². The van der Waals surface area contributed by atoms with E-state index in [1.54, 1.807) is 18.6 Å². The quantitative estimate of drug-likeness (QED) is 0.729. The van der Waals surface area contributed by atoms with Gasteiger partial charge in [0.15, 0.2) is 11.5 Å². The lowest BCUT2D eigenvalue weighted by atomic mass is 10.1. The minimum atomic E-state index is 0.553. The minimum Gasteiger partial charge on any atom is -0.463 e.